The van der Waals surface area contributed by atoms with Gasteiger partial charge in [0.1, 0.15) is 11.6 Å². The third kappa shape index (κ3) is 5.67. The Morgan fingerprint density at radius 3 is 2.48 bits per heavy atom. The van der Waals surface area contributed by atoms with E-state index in [-0.39, 0.29) is 12.2 Å². The fourth-order valence-corrected chi connectivity index (χ4v) is 2.03. The third-order valence-corrected chi connectivity index (χ3v) is 3.20. The molecule has 0 heterocycles. The van der Waals surface area contributed by atoms with Crippen LogP contribution >= 0.6 is 0 Å². The molecule has 1 atom stereocenters. The lowest BCUT2D eigenvalue weighted by molar-refractivity contribution is -0.140. The lowest BCUT2D eigenvalue weighted by atomic mass is 10.1. The van der Waals surface area contributed by atoms with Crippen molar-refractivity contribution in [1.29, 1.82) is 0 Å². The smallest absolute Gasteiger partial charge is 0.308 e. The van der Waals surface area contributed by atoms with Crippen molar-refractivity contribution in [3.63, 3.8) is 0 Å². The first-order valence-corrected chi connectivity index (χ1v) is 6.88. The summed E-state index contributed by atoms with van der Waals surface area (Å²) in [6.07, 6.45) is 0.760. The minimum atomic E-state index is -0.935. The normalized spacial score (nSPS) is 12.5. The summed E-state index contributed by atoms with van der Waals surface area (Å²) in [6.45, 7) is 3.08. The second-order valence-electron chi connectivity index (χ2n) is 5.44. The topological polar surface area (TPSA) is 43.8 Å². The quantitative estimate of drug-likeness (QED) is 0.801. The van der Waals surface area contributed by atoms with Crippen LogP contribution in [0.2, 0.25) is 0 Å². The number of aliphatic carboxylic acids is 1. The average molecular weight is 300 g/mol. The molecule has 1 unspecified atom stereocenters. The molecule has 0 radical (unpaired) electrons. The van der Waals surface area contributed by atoms with E-state index in [0.29, 0.717) is 6.54 Å². The molecule has 1 rings (SSSR count). The maximum absolute atomic E-state index is 13.9. The van der Waals surface area contributed by atoms with Crippen LogP contribution in [0.4, 0.5) is 14.5 Å². The molecule has 0 aliphatic carbocycles. The van der Waals surface area contributed by atoms with E-state index in [9.17, 15) is 13.6 Å². The van der Waals surface area contributed by atoms with E-state index in [2.05, 4.69) is 0 Å². The first kappa shape index (κ1) is 17.4. The Bertz CT molecular complexity index is 481. The number of carbonyl (C=O) groups is 1. The number of hydrogen-bond donors (Lipinski definition) is 1. The maximum Gasteiger partial charge on any atom is 0.308 e. The molecular weight excluding hydrogens is 278 g/mol. The van der Waals surface area contributed by atoms with Crippen molar-refractivity contribution in [1.82, 2.24) is 4.90 Å². The predicted molar refractivity (Wildman–Crippen MR) is 78.5 cm³/mol. The van der Waals surface area contributed by atoms with E-state index in [1.54, 1.807) is 11.8 Å². The highest BCUT2D eigenvalue weighted by Gasteiger charge is 2.19. The van der Waals surface area contributed by atoms with Crippen molar-refractivity contribution >= 4 is 11.7 Å². The molecule has 4 nitrogen and oxygen atoms in total. The van der Waals surface area contributed by atoms with Gasteiger partial charge in [-0.15, -0.1) is 0 Å². The summed E-state index contributed by atoms with van der Waals surface area (Å²) in [5.74, 6) is -2.88. The molecule has 0 aromatic heterocycles. The van der Waals surface area contributed by atoms with Crippen LogP contribution in [-0.4, -0.2) is 49.7 Å². The Morgan fingerprint density at radius 2 is 1.95 bits per heavy atom. The Morgan fingerprint density at radius 1 is 1.29 bits per heavy atom. The van der Waals surface area contributed by atoms with Crippen molar-refractivity contribution in [3.8, 4) is 0 Å². The third-order valence-electron chi connectivity index (χ3n) is 3.20. The van der Waals surface area contributed by atoms with E-state index < -0.39 is 23.5 Å². The number of nitrogens with zero attached hydrogens (tertiary/aromatic N) is 2. The Kier molecular flexibility index (Phi) is 6.55. The summed E-state index contributed by atoms with van der Waals surface area (Å²) in [7, 11) is 3.87. The van der Waals surface area contributed by atoms with E-state index in [0.717, 1.165) is 19.0 Å². The van der Waals surface area contributed by atoms with Gasteiger partial charge in [0.2, 0.25) is 0 Å². The second-order valence-corrected chi connectivity index (χ2v) is 5.44. The van der Waals surface area contributed by atoms with Crippen LogP contribution < -0.4 is 4.90 Å². The van der Waals surface area contributed by atoms with Gasteiger partial charge < -0.3 is 14.9 Å². The monoisotopic (exact) mass is 300 g/mol. The van der Waals surface area contributed by atoms with E-state index in [4.69, 9.17) is 5.11 Å². The summed E-state index contributed by atoms with van der Waals surface area (Å²) in [5.41, 5.74) is 0.239. The molecule has 1 aromatic rings. The highest BCUT2D eigenvalue weighted by Crippen LogP contribution is 2.21. The SMILES string of the molecule is CC(CN(CCCN(C)C)c1ccc(F)cc1F)C(=O)O. The van der Waals surface area contributed by atoms with Gasteiger partial charge in [-0.05, 0) is 39.2 Å². The van der Waals surface area contributed by atoms with Gasteiger partial charge in [0, 0.05) is 19.2 Å². The van der Waals surface area contributed by atoms with Crippen LogP contribution in [0.3, 0.4) is 0 Å². The molecule has 0 amide bonds. The van der Waals surface area contributed by atoms with E-state index in [1.165, 1.54) is 12.1 Å². The molecule has 0 saturated carbocycles. The summed E-state index contributed by atoms with van der Waals surface area (Å²) in [5, 5.41) is 9.02. The number of anilines is 1. The number of carboxylic acid groups (broad SMARTS) is 1. The highest BCUT2D eigenvalue weighted by molar-refractivity contribution is 5.70. The summed E-state index contributed by atoms with van der Waals surface area (Å²) in [6, 6.07) is 3.36. The molecular formula is C15H22F2N2O2. The molecule has 1 aromatic carbocycles. The molecule has 1 N–H and O–H groups in total. The number of halogens is 2. The number of rotatable bonds is 8. The Hall–Kier alpha value is -1.69. The molecule has 0 bridgehead atoms. The van der Waals surface area contributed by atoms with Crippen molar-refractivity contribution in [2.45, 2.75) is 13.3 Å². The average Bonchev–Trinajstić information content (AvgIpc) is 2.37. The zero-order valence-electron chi connectivity index (χ0n) is 12.6. The lowest BCUT2D eigenvalue weighted by Crippen LogP contribution is -2.34. The summed E-state index contributed by atoms with van der Waals surface area (Å²) < 4.78 is 26.9. The highest BCUT2D eigenvalue weighted by atomic mass is 19.1. The van der Waals surface area contributed by atoms with Crippen molar-refractivity contribution in [3.05, 3.63) is 29.8 Å². The molecule has 0 aliphatic heterocycles. The molecule has 0 fully saturated rings. The fraction of sp³-hybridized carbons (Fsp3) is 0.533. The van der Waals surface area contributed by atoms with Crippen LogP contribution in [0, 0.1) is 17.6 Å². The number of carboxylic acids is 1. The predicted octanol–water partition coefficient (Wildman–Crippen LogP) is 2.44. The number of benzene rings is 1. The standard InChI is InChI=1S/C15H22F2N2O2/c1-11(15(20)21)10-19(8-4-7-18(2)3)14-6-5-12(16)9-13(14)17/h5-6,9,11H,4,7-8,10H2,1-3H3,(H,20,21). The maximum atomic E-state index is 13.9. The van der Waals surface area contributed by atoms with Crippen LogP contribution in [-0.2, 0) is 4.79 Å². The van der Waals surface area contributed by atoms with Crippen molar-refractivity contribution in [2.24, 2.45) is 5.92 Å². The lowest BCUT2D eigenvalue weighted by Gasteiger charge is -2.27. The molecule has 21 heavy (non-hydrogen) atoms. The molecule has 118 valence electrons. The van der Waals surface area contributed by atoms with Gasteiger partial charge in [-0.3, -0.25) is 4.79 Å². The van der Waals surface area contributed by atoms with Crippen LogP contribution in [0.1, 0.15) is 13.3 Å². The van der Waals surface area contributed by atoms with Gasteiger partial charge in [0.05, 0.1) is 11.6 Å². The Labute approximate surface area is 124 Å². The summed E-state index contributed by atoms with van der Waals surface area (Å²) >= 11 is 0. The first-order chi connectivity index (χ1) is 9.81. The molecule has 0 spiro atoms. The second kappa shape index (κ2) is 7.93. The van der Waals surface area contributed by atoms with Crippen molar-refractivity contribution in [2.75, 3.05) is 38.6 Å². The van der Waals surface area contributed by atoms with E-state index >= 15 is 0 Å². The van der Waals surface area contributed by atoms with Gasteiger partial charge in [0.25, 0.3) is 0 Å². The summed E-state index contributed by atoms with van der Waals surface area (Å²) in [4.78, 5) is 14.7. The molecule has 0 aliphatic rings. The zero-order chi connectivity index (χ0) is 16.0. The zero-order valence-corrected chi connectivity index (χ0v) is 12.6. The minimum absolute atomic E-state index is 0.186. The van der Waals surface area contributed by atoms with Gasteiger partial charge in [-0.25, -0.2) is 8.78 Å². The Balaban J connectivity index is 2.86. The minimum Gasteiger partial charge on any atom is -0.481 e. The van der Waals surface area contributed by atoms with Crippen LogP contribution in [0.5, 0.6) is 0 Å². The molecule has 0 saturated heterocycles. The van der Waals surface area contributed by atoms with Gasteiger partial charge >= 0.3 is 5.97 Å². The van der Waals surface area contributed by atoms with Crippen LogP contribution in [0.15, 0.2) is 18.2 Å². The van der Waals surface area contributed by atoms with E-state index in [1.807, 2.05) is 19.0 Å². The van der Waals surface area contributed by atoms with Gasteiger partial charge in [0.15, 0.2) is 0 Å². The fourth-order valence-electron chi connectivity index (χ4n) is 2.03. The van der Waals surface area contributed by atoms with Gasteiger partial charge in [-0.2, -0.15) is 0 Å². The number of hydrogen-bond acceptors (Lipinski definition) is 3. The largest absolute Gasteiger partial charge is 0.481 e. The van der Waals surface area contributed by atoms with Crippen LogP contribution in [0.25, 0.3) is 0 Å². The first-order valence-electron chi connectivity index (χ1n) is 6.88. The molecule has 6 heteroatoms. The van der Waals surface area contributed by atoms with Crippen molar-refractivity contribution < 1.29 is 18.7 Å². The van der Waals surface area contributed by atoms with Gasteiger partial charge in [-0.1, -0.05) is 6.92 Å².